The van der Waals surface area contributed by atoms with E-state index in [1.54, 1.807) is 16.7 Å². The second-order valence-corrected chi connectivity index (χ2v) is 10.9. The summed E-state index contributed by atoms with van der Waals surface area (Å²) in [5, 5.41) is 2.77. The lowest BCUT2D eigenvalue weighted by Crippen LogP contribution is -2.66. The van der Waals surface area contributed by atoms with Crippen molar-refractivity contribution in [2.75, 3.05) is 6.54 Å². The molecule has 9 heteroatoms. The van der Waals surface area contributed by atoms with Crippen molar-refractivity contribution in [3.05, 3.63) is 99.2 Å². The first-order valence-electron chi connectivity index (χ1n) is 14.0. The molecule has 2 aliphatic heterocycles. The molecule has 40 heavy (non-hydrogen) atoms. The van der Waals surface area contributed by atoms with Crippen molar-refractivity contribution in [3.63, 3.8) is 0 Å². The van der Waals surface area contributed by atoms with Crippen molar-refractivity contribution in [1.29, 1.82) is 0 Å². The molecule has 1 saturated carbocycles. The summed E-state index contributed by atoms with van der Waals surface area (Å²) in [4.78, 5) is 45.4. The number of carbonyl (C=O) groups is 2. The van der Waals surface area contributed by atoms with E-state index >= 15 is 0 Å². The van der Waals surface area contributed by atoms with Gasteiger partial charge in [-0.25, -0.2) is 4.39 Å². The molecule has 1 saturated heterocycles. The van der Waals surface area contributed by atoms with Gasteiger partial charge in [-0.05, 0) is 49.4 Å². The summed E-state index contributed by atoms with van der Waals surface area (Å²) in [6.45, 7) is 3.63. The number of hydrogen-bond donors (Lipinski definition) is 1. The molecule has 3 aliphatic rings. The number of nitrogens with one attached hydrogen (secondary N) is 1. The molecule has 3 aromatic rings. The van der Waals surface area contributed by atoms with E-state index in [1.807, 2.05) is 35.2 Å². The summed E-state index contributed by atoms with van der Waals surface area (Å²) >= 11 is 0. The fourth-order valence-electron chi connectivity index (χ4n) is 5.96. The van der Waals surface area contributed by atoms with Crippen molar-refractivity contribution in [2.24, 2.45) is 0 Å². The highest BCUT2D eigenvalue weighted by molar-refractivity contribution is 5.99. The van der Waals surface area contributed by atoms with Crippen LogP contribution in [-0.4, -0.2) is 51.0 Å². The zero-order valence-electron chi connectivity index (χ0n) is 22.5. The van der Waals surface area contributed by atoms with Gasteiger partial charge in [-0.15, -0.1) is 0 Å². The van der Waals surface area contributed by atoms with E-state index in [2.05, 4.69) is 17.1 Å². The Labute approximate surface area is 232 Å². The number of fused-ring (bicyclic) bond motifs is 2. The molecule has 2 unspecified atom stereocenters. The van der Waals surface area contributed by atoms with Crippen LogP contribution in [0.15, 0.2) is 65.6 Å². The van der Waals surface area contributed by atoms with Crippen LogP contribution in [0.5, 0.6) is 5.75 Å². The molecular formula is C31H33FN4O4. The molecule has 208 valence electrons. The minimum absolute atomic E-state index is 0.0262. The number of nitrogens with zero attached hydrogens (tertiary/aromatic N) is 3. The molecule has 2 aromatic carbocycles. The van der Waals surface area contributed by atoms with E-state index in [4.69, 9.17) is 4.74 Å². The molecule has 1 N–H and O–H groups in total. The van der Waals surface area contributed by atoms with E-state index in [0.29, 0.717) is 18.2 Å². The third kappa shape index (κ3) is 4.90. The van der Waals surface area contributed by atoms with Crippen LogP contribution in [0.25, 0.3) is 0 Å². The van der Waals surface area contributed by atoms with Gasteiger partial charge in [-0.2, -0.15) is 0 Å². The van der Waals surface area contributed by atoms with Crippen LogP contribution in [0.4, 0.5) is 4.39 Å². The van der Waals surface area contributed by atoms with E-state index in [1.165, 1.54) is 24.8 Å². The van der Waals surface area contributed by atoms with Gasteiger partial charge in [0.15, 0.2) is 11.4 Å². The molecule has 2 atom stereocenters. The Morgan fingerprint density at radius 2 is 1.77 bits per heavy atom. The molecule has 3 heterocycles. The monoisotopic (exact) mass is 544 g/mol. The van der Waals surface area contributed by atoms with Crippen LogP contribution in [0, 0.1) is 5.82 Å². The maximum atomic E-state index is 14.1. The smallest absolute Gasteiger partial charge is 0.276 e. The zero-order valence-corrected chi connectivity index (χ0v) is 22.5. The minimum atomic E-state index is -0.619. The maximum absolute atomic E-state index is 14.1. The molecule has 0 radical (unpaired) electrons. The molecular weight excluding hydrogens is 511 g/mol. The summed E-state index contributed by atoms with van der Waals surface area (Å²) in [5.41, 5.74) is 1.02. The first kappa shape index (κ1) is 26.3. The molecule has 0 bridgehead atoms. The second kappa shape index (κ2) is 10.9. The lowest BCUT2D eigenvalue weighted by molar-refractivity contribution is -0.0662. The standard InChI is InChI=1S/C31H33FN4O4/c1-20-14-15-35(24-8-5-9-24)26-18-34-17-25(30(38)33-16-21-10-12-23(32)13-11-21)28(37)29(27(34)31(39)36(20)26)40-19-22-6-3-2-4-7-22/h2-4,6-7,10-13,17,20,24,26H,5,8-9,14-16,18-19H2,1H3,(H,33,38). The zero-order chi connectivity index (χ0) is 27.8. The SMILES string of the molecule is CC1CCN(C2CCC2)C2Cn3cc(C(=O)NCc4ccc(F)cc4)c(=O)c(OCc4ccccc4)c3C(=O)N12. The minimum Gasteiger partial charge on any atom is -0.483 e. The summed E-state index contributed by atoms with van der Waals surface area (Å²) in [5.74, 6) is -1.28. The molecule has 6 rings (SSSR count). The molecule has 8 nitrogen and oxygen atoms in total. The van der Waals surface area contributed by atoms with Gasteiger partial charge in [0.2, 0.25) is 5.43 Å². The van der Waals surface area contributed by atoms with Crippen LogP contribution < -0.4 is 15.5 Å². The number of carbonyl (C=O) groups excluding carboxylic acids is 2. The van der Waals surface area contributed by atoms with Crippen LogP contribution >= 0.6 is 0 Å². The predicted octanol–water partition coefficient (Wildman–Crippen LogP) is 3.93. The molecule has 2 amide bonds. The van der Waals surface area contributed by atoms with Gasteiger partial charge in [0.1, 0.15) is 24.2 Å². The molecule has 0 spiro atoms. The summed E-state index contributed by atoms with van der Waals surface area (Å²) < 4.78 is 21.1. The molecule has 1 aromatic heterocycles. The average Bonchev–Trinajstić information content (AvgIpc) is 2.93. The molecule has 1 aliphatic carbocycles. The fraction of sp³-hybridized carbons (Fsp3) is 0.387. The third-order valence-electron chi connectivity index (χ3n) is 8.40. The largest absolute Gasteiger partial charge is 0.483 e. The van der Waals surface area contributed by atoms with E-state index in [-0.39, 0.29) is 54.1 Å². The Morgan fingerprint density at radius 3 is 2.48 bits per heavy atom. The number of aromatic nitrogens is 1. The Kier molecular flexibility index (Phi) is 7.14. The third-order valence-corrected chi connectivity index (χ3v) is 8.40. The maximum Gasteiger partial charge on any atom is 0.276 e. The highest BCUT2D eigenvalue weighted by atomic mass is 19.1. The van der Waals surface area contributed by atoms with Crippen LogP contribution in [-0.2, 0) is 19.7 Å². The number of pyridine rings is 1. The van der Waals surface area contributed by atoms with Crippen LogP contribution in [0.2, 0.25) is 0 Å². The van der Waals surface area contributed by atoms with Gasteiger partial charge >= 0.3 is 0 Å². The second-order valence-electron chi connectivity index (χ2n) is 10.9. The number of ether oxygens (including phenoxy) is 1. The molecule has 2 fully saturated rings. The van der Waals surface area contributed by atoms with Crippen LogP contribution in [0.3, 0.4) is 0 Å². The fourth-order valence-corrected chi connectivity index (χ4v) is 5.96. The Hall–Kier alpha value is -3.98. The number of rotatable bonds is 7. The van der Waals surface area contributed by atoms with Gasteiger partial charge in [0.25, 0.3) is 11.8 Å². The number of amides is 2. The highest BCUT2D eigenvalue weighted by Crippen LogP contribution is 2.36. The highest BCUT2D eigenvalue weighted by Gasteiger charge is 2.46. The lowest BCUT2D eigenvalue weighted by atomic mass is 9.89. The van der Waals surface area contributed by atoms with Crippen molar-refractivity contribution >= 4 is 11.8 Å². The van der Waals surface area contributed by atoms with Crippen molar-refractivity contribution in [2.45, 2.75) is 70.6 Å². The summed E-state index contributed by atoms with van der Waals surface area (Å²) in [7, 11) is 0. The van der Waals surface area contributed by atoms with Gasteiger partial charge < -0.3 is 19.5 Å². The average molecular weight is 545 g/mol. The quantitative estimate of drug-likeness (QED) is 0.488. The summed E-state index contributed by atoms with van der Waals surface area (Å²) in [6, 6.07) is 15.7. The van der Waals surface area contributed by atoms with Crippen LogP contribution in [0.1, 0.15) is 64.6 Å². The first-order valence-corrected chi connectivity index (χ1v) is 14.0. The Bertz CT molecular complexity index is 1470. The first-order chi connectivity index (χ1) is 19.4. The van der Waals surface area contributed by atoms with Crippen molar-refractivity contribution < 1.29 is 18.7 Å². The number of halogens is 1. The van der Waals surface area contributed by atoms with E-state index in [9.17, 15) is 18.8 Å². The van der Waals surface area contributed by atoms with E-state index < -0.39 is 11.3 Å². The Morgan fingerprint density at radius 1 is 1.02 bits per heavy atom. The van der Waals surface area contributed by atoms with Crippen molar-refractivity contribution in [1.82, 2.24) is 19.7 Å². The van der Waals surface area contributed by atoms with Gasteiger partial charge in [-0.1, -0.05) is 48.9 Å². The summed E-state index contributed by atoms with van der Waals surface area (Å²) in [6.07, 6.45) is 5.65. The topological polar surface area (TPSA) is 83.9 Å². The van der Waals surface area contributed by atoms with Gasteiger partial charge in [0, 0.05) is 31.4 Å². The van der Waals surface area contributed by atoms with Gasteiger partial charge in [0.05, 0.1) is 6.54 Å². The number of hydrogen-bond acceptors (Lipinski definition) is 5. The number of benzene rings is 2. The lowest BCUT2D eigenvalue weighted by Gasteiger charge is -2.54. The Balaban J connectivity index is 1.37. The van der Waals surface area contributed by atoms with Gasteiger partial charge in [-0.3, -0.25) is 19.3 Å². The predicted molar refractivity (Wildman–Crippen MR) is 147 cm³/mol. The van der Waals surface area contributed by atoms with Crippen molar-refractivity contribution in [3.8, 4) is 5.75 Å². The normalized spacial score (nSPS) is 20.9. The van der Waals surface area contributed by atoms with E-state index in [0.717, 1.165) is 31.4 Å².